The lowest BCUT2D eigenvalue weighted by molar-refractivity contribution is -0.122. The number of rotatable bonds is 6. The van der Waals surface area contributed by atoms with E-state index >= 15 is 0 Å². The molecule has 1 heterocycles. The standard InChI is InChI=1S/C15H20BrNO2/c1-2-7-17-14-10-19-9-12(14)15(18)8-11-5-3-4-6-13(11)16/h3-6,12,14,17H,2,7-10H2,1H3. The molecule has 1 aromatic carbocycles. The number of halogens is 1. The maximum atomic E-state index is 12.4. The first-order valence-electron chi connectivity index (χ1n) is 6.79. The molecular weight excluding hydrogens is 306 g/mol. The van der Waals surface area contributed by atoms with Crippen molar-refractivity contribution < 1.29 is 9.53 Å². The van der Waals surface area contributed by atoms with E-state index in [1.54, 1.807) is 0 Å². The molecule has 1 aromatic rings. The van der Waals surface area contributed by atoms with E-state index in [-0.39, 0.29) is 17.7 Å². The predicted octanol–water partition coefficient (Wildman–Crippen LogP) is 2.58. The van der Waals surface area contributed by atoms with Crippen LogP contribution in [0.2, 0.25) is 0 Å². The van der Waals surface area contributed by atoms with Crippen LogP contribution in [0.4, 0.5) is 0 Å². The molecule has 19 heavy (non-hydrogen) atoms. The third-order valence-corrected chi connectivity index (χ3v) is 4.25. The zero-order valence-corrected chi connectivity index (χ0v) is 12.8. The fourth-order valence-corrected chi connectivity index (χ4v) is 2.79. The van der Waals surface area contributed by atoms with Gasteiger partial charge in [-0.05, 0) is 24.6 Å². The largest absolute Gasteiger partial charge is 0.379 e. The number of nitrogens with one attached hydrogen (secondary N) is 1. The van der Waals surface area contributed by atoms with Crippen LogP contribution < -0.4 is 5.32 Å². The van der Waals surface area contributed by atoms with Crippen LogP contribution in [-0.4, -0.2) is 31.6 Å². The van der Waals surface area contributed by atoms with Gasteiger partial charge in [-0.1, -0.05) is 41.1 Å². The Hall–Kier alpha value is -0.710. The highest BCUT2D eigenvalue weighted by molar-refractivity contribution is 9.10. The summed E-state index contributed by atoms with van der Waals surface area (Å²) in [5, 5.41) is 3.41. The smallest absolute Gasteiger partial charge is 0.144 e. The summed E-state index contributed by atoms with van der Waals surface area (Å²) in [6.45, 7) is 4.25. The van der Waals surface area contributed by atoms with Crippen molar-refractivity contribution in [3.05, 3.63) is 34.3 Å². The fourth-order valence-electron chi connectivity index (χ4n) is 2.36. The maximum absolute atomic E-state index is 12.4. The van der Waals surface area contributed by atoms with Gasteiger partial charge in [-0.3, -0.25) is 4.79 Å². The van der Waals surface area contributed by atoms with Crippen molar-refractivity contribution in [2.45, 2.75) is 25.8 Å². The van der Waals surface area contributed by atoms with Gasteiger partial charge in [-0.25, -0.2) is 0 Å². The molecular formula is C15H20BrNO2. The average molecular weight is 326 g/mol. The first kappa shape index (κ1) is 14.7. The van der Waals surface area contributed by atoms with Gasteiger partial charge in [-0.2, -0.15) is 0 Å². The second kappa shape index (κ2) is 7.17. The lowest BCUT2D eigenvalue weighted by atomic mass is 9.93. The van der Waals surface area contributed by atoms with E-state index < -0.39 is 0 Å². The van der Waals surface area contributed by atoms with Crippen molar-refractivity contribution in [1.29, 1.82) is 0 Å². The Morgan fingerprint density at radius 1 is 1.42 bits per heavy atom. The monoisotopic (exact) mass is 325 g/mol. The summed E-state index contributed by atoms with van der Waals surface area (Å²) >= 11 is 3.49. The van der Waals surface area contributed by atoms with Gasteiger partial charge < -0.3 is 10.1 Å². The third kappa shape index (κ3) is 3.88. The molecule has 2 atom stereocenters. The number of carbonyl (C=O) groups is 1. The average Bonchev–Trinajstić information content (AvgIpc) is 2.87. The summed E-state index contributed by atoms with van der Waals surface area (Å²) in [5.41, 5.74) is 1.05. The van der Waals surface area contributed by atoms with Gasteiger partial charge in [-0.15, -0.1) is 0 Å². The molecule has 3 nitrogen and oxygen atoms in total. The molecule has 1 aliphatic heterocycles. The summed E-state index contributed by atoms with van der Waals surface area (Å²) in [6, 6.07) is 8.07. The summed E-state index contributed by atoms with van der Waals surface area (Å²) in [4.78, 5) is 12.4. The van der Waals surface area contributed by atoms with E-state index in [0.717, 1.165) is 23.0 Å². The summed E-state index contributed by atoms with van der Waals surface area (Å²) in [6.07, 6.45) is 1.54. The molecule has 1 saturated heterocycles. The predicted molar refractivity (Wildman–Crippen MR) is 79.2 cm³/mol. The molecule has 1 aliphatic rings. The van der Waals surface area contributed by atoms with Gasteiger partial charge in [0.2, 0.25) is 0 Å². The molecule has 0 bridgehead atoms. The zero-order chi connectivity index (χ0) is 13.7. The van der Waals surface area contributed by atoms with E-state index in [0.29, 0.717) is 19.6 Å². The number of carbonyl (C=O) groups excluding carboxylic acids is 1. The molecule has 0 spiro atoms. The van der Waals surface area contributed by atoms with E-state index in [9.17, 15) is 4.79 Å². The summed E-state index contributed by atoms with van der Waals surface area (Å²) < 4.78 is 6.46. The molecule has 0 aromatic heterocycles. The SMILES string of the molecule is CCCNC1COCC1C(=O)Cc1ccccc1Br. The Kier molecular flexibility index (Phi) is 5.55. The summed E-state index contributed by atoms with van der Waals surface area (Å²) in [7, 11) is 0. The highest BCUT2D eigenvalue weighted by Gasteiger charge is 2.33. The number of ether oxygens (including phenoxy) is 1. The van der Waals surface area contributed by atoms with Gasteiger partial charge in [0.25, 0.3) is 0 Å². The molecule has 0 radical (unpaired) electrons. The molecule has 4 heteroatoms. The third-order valence-electron chi connectivity index (χ3n) is 3.47. The topological polar surface area (TPSA) is 38.3 Å². The fraction of sp³-hybridized carbons (Fsp3) is 0.533. The summed E-state index contributed by atoms with van der Waals surface area (Å²) in [5.74, 6) is 0.247. The van der Waals surface area contributed by atoms with Crippen LogP contribution in [-0.2, 0) is 16.0 Å². The Morgan fingerprint density at radius 2 is 2.21 bits per heavy atom. The van der Waals surface area contributed by atoms with E-state index in [2.05, 4.69) is 28.2 Å². The number of ketones is 1. The lowest BCUT2D eigenvalue weighted by Gasteiger charge is -2.18. The highest BCUT2D eigenvalue weighted by Crippen LogP contribution is 2.21. The molecule has 2 unspecified atom stereocenters. The zero-order valence-electron chi connectivity index (χ0n) is 11.2. The van der Waals surface area contributed by atoms with E-state index in [1.807, 2.05) is 24.3 Å². The molecule has 0 aliphatic carbocycles. The van der Waals surface area contributed by atoms with Crippen LogP contribution in [0.1, 0.15) is 18.9 Å². The van der Waals surface area contributed by atoms with E-state index in [4.69, 9.17) is 4.74 Å². The van der Waals surface area contributed by atoms with Crippen molar-refractivity contribution in [1.82, 2.24) is 5.32 Å². The van der Waals surface area contributed by atoms with Crippen LogP contribution >= 0.6 is 15.9 Å². The molecule has 1 fully saturated rings. The minimum absolute atomic E-state index is 0.0151. The Morgan fingerprint density at radius 3 is 2.95 bits per heavy atom. The van der Waals surface area contributed by atoms with Crippen molar-refractivity contribution in [2.24, 2.45) is 5.92 Å². The Balaban J connectivity index is 1.97. The minimum Gasteiger partial charge on any atom is -0.379 e. The second-order valence-corrected chi connectivity index (χ2v) is 5.79. The van der Waals surface area contributed by atoms with Crippen molar-refractivity contribution >= 4 is 21.7 Å². The van der Waals surface area contributed by atoms with Crippen LogP contribution in [0.25, 0.3) is 0 Å². The van der Waals surface area contributed by atoms with Gasteiger partial charge in [0, 0.05) is 16.9 Å². The van der Waals surface area contributed by atoms with Gasteiger partial charge in [0.15, 0.2) is 0 Å². The minimum atomic E-state index is -0.0151. The Labute approximate surface area is 122 Å². The normalized spacial score (nSPS) is 22.6. The Bertz CT molecular complexity index is 436. The highest BCUT2D eigenvalue weighted by atomic mass is 79.9. The lowest BCUT2D eigenvalue weighted by Crippen LogP contribution is -2.40. The molecule has 0 amide bonds. The van der Waals surface area contributed by atoms with Crippen molar-refractivity contribution in [3.8, 4) is 0 Å². The first-order valence-corrected chi connectivity index (χ1v) is 7.59. The van der Waals surface area contributed by atoms with Crippen LogP contribution in [0.15, 0.2) is 28.7 Å². The molecule has 1 N–H and O–H groups in total. The van der Waals surface area contributed by atoms with Gasteiger partial charge >= 0.3 is 0 Å². The number of hydrogen-bond donors (Lipinski definition) is 1. The number of hydrogen-bond acceptors (Lipinski definition) is 3. The second-order valence-electron chi connectivity index (χ2n) is 4.94. The number of benzene rings is 1. The molecule has 104 valence electrons. The van der Waals surface area contributed by atoms with Gasteiger partial charge in [0.05, 0.1) is 19.1 Å². The quantitative estimate of drug-likeness (QED) is 0.873. The number of Topliss-reactive ketones (excluding diaryl/α,β-unsaturated/α-hetero) is 1. The maximum Gasteiger partial charge on any atom is 0.144 e. The first-order chi connectivity index (χ1) is 9.22. The molecule has 0 saturated carbocycles. The van der Waals surface area contributed by atoms with Crippen LogP contribution in [0.3, 0.4) is 0 Å². The van der Waals surface area contributed by atoms with E-state index in [1.165, 1.54) is 0 Å². The molecule has 2 rings (SSSR count). The van der Waals surface area contributed by atoms with Crippen LogP contribution in [0, 0.1) is 5.92 Å². The van der Waals surface area contributed by atoms with Crippen LogP contribution in [0.5, 0.6) is 0 Å². The van der Waals surface area contributed by atoms with Gasteiger partial charge in [0.1, 0.15) is 5.78 Å². The van der Waals surface area contributed by atoms with Crippen molar-refractivity contribution in [2.75, 3.05) is 19.8 Å². The van der Waals surface area contributed by atoms with Crippen molar-refractivity contribution in [3.63, 3.8) is 0 Å².